The minimum absolute atomic E-state index is 0.0128. The average Bonchev–Trinajstić information content (AvgIpc) is 2.98. The van der Waals surface area contributed by atoms with Crippen LogP contribution in [0.1, 0.15) is 46.0 Å². The molecule has 0 aromatic heterocycles. The fourth-order valence-corrected chi connectivity index (χ4v) is 3.93. The summed E-state index contributed by atoms with van der Waals surface area (Å²) in [4.78, 5) is 12.0. The number of esters is 1. The maximum atomic E-state index is 11.6. The molecule has 104 valence electrons. The van der Waals surface area contributed by atoms with Crippen molar-refractivity contribution >= 4 is 21.9 Å². The molecule has 0 N–H and O–H groups in total. The van der Waals surface area contributed by atoms with Gasteiger partial charge in [0, 0.05) is 10.7 Å². The van der Waals surface area contributed by atoms with E-state index < -0.39 is 0 Å². The minimum atomic E-state index is -0.0821. The Morgan fingerprint density at radius 3 is 2.61 bits per heavy atom. The maximum absolute atomic E-state index is 11.6. The van der Waals surface area contributed by atoms with Crippen LogP contribution in [0, 0.1) is 11.8 Å². The molecule has 1 saturated heterocycles. The predicted octanol–water partition coefficient (Wildman–Crippen LogP) is 3.30. The number of ether oxygens (including phenoxy) is 2. The smallest absolute Gasteiger partial charge is 0.312 e. The SMILES string of the molecule is CCCCCC[C@H]1O[C@@H]2[C@@H](C(=O)OCC)[C@@H]2[C@H]1Br. The summed E-state index contributed by atoms with van der Waals surface area (Å²) >= 11 is 3.71. The number of fused-ring (bicyclic) bond motifs is 1. The third-order valence-corrected chi connectivity index (χ3v) is 5.16. The van der Waals surface area contributed by atoms with Crippen molar-refractivity contribution in [3.63, 3.8) is 0 Å². The fourth-order valence-electron chi connectivity index (χ4n) is 2.91. The molecule has 3 nitrogen and oxygen atoms in total. The molecular weight excluding hydrogens is 296 g/mol. The van der Waals surface area contributed by atoms with Crippen molar-refractivity contribution < 1.29 is 14.3 Å². The van der Waals surface area contributed by atoms with Crippen molar-refractivity contribution in [2.45, 2.75) is 63.0 Å². The standard InChI is InChI=1S/C14H23BrO3/c1-3-5-6-7-8-9-12(15)10-11(13(10)18-9)14(16)17-4-2/h9-13H,3-8H2,1-2H3/t9-,10-,11+,12+,13+/m1/s1. The van der Waals surface area contributed by atoms with E-state index in [4.69, 9.17) is 9.47 Å². The number of hydrogen-bond donors (Lipinski definition) is 0. The summed E-state index contributed by atoms with van der Waals surface area (Å²) in [6.45, 7) is 4.53. The molecule has 0 radical (unpaired) electrons. The normalized spacial score (nSPS) is 37.4. The number of carbonyl (C=O) groups excluding carboxylic acids is 1. The third kappa shape index (κ3) is 2.90. The van der Waals surface area contributed by atoms with E-state index in [0.717, 1.165) is 6.42 Å². The first kappa shape index (κ1) is 14.3. The van der Waals surface area contributed by atoms with Crippen LogP contribution in [0.4, 0.5) is 0 Å². The molecule has 2 rings (SSSR count). The van der Waals surface area contributed by atoms with Gasteiger partial charge in [-0.1, -0.05) is 48.5 Å². The highest BCUT2D eigenvalue weighted by Crippen LogP contribution is 2.55. The lowest BCUT2D eigenvalue weighted by molar-refractivity contribution is -0.147. The summed E-state index contributed by atoms with van der Waals surface area (Å²) in [5.74, 6) is 0.253. The lowest BCUT2D eigenvalue weighted by atomic mass is 10.0. The lowest BCUT2D eigenvalue weighted by Crippen LogP contribution is -2.25. The molecular formula is C14H23BrO3. The molecule has 1 saturated carbocycles. The van der Waals surface area contributed by atoms with Gasteiger partial charge in [-0.2, -0.15) is 0 Å². The first-order valence-corrected chi connectivity index (χ1v) is 8.08. The van der Waals surface area contributed by atoms with Gasteiger partial charge in [0.15, 0.2) is 0 Å². The predicted molar refractivity (Wildman–Crippen MR) is 73.7 cm³/mol. The molecule has 18 heavy (non-hydrogen) atoms. The van der Waals surface area contributed by atoms with Crippen LogP contribution in [0.15, 0.2) is 0 Å². The van der Waals surface area contributed by atoms with Gasteiger partial charge in [-0.3, -0.25) is 4.79 Å². The van der Waals surface area contributed by atoms with Gasteiger partial charge in [-0.05, 0) is 13.3 Å². The molecule has 0 bridgehead atoms. The maximum Gasteiger partial charge on any atom is 0.312 e. The number of unbranched alkanes of at least 4 members (excludes halogenated alkanes) is 3. The zero-order valence-electron chi connectivity index (χ0n) is 11.2. The average molecular weight is 319 g/mol. The van der Waals surface area contributed by atoms with E-state index >= 15 is 0 Å². The van der Waals surface area contributed by atoms with E-state index in [-0.39, 0.29) is 18.0 Å². The second-order valence-electron chi connectivity index (χ2n) is 5.29. The molecule has 0 spiro atoms. The van der Waals surface area contributed by atoms with E-state index in [1.54, 1.807) is 0 Å². The van der Waals surface area contributed by atoms with Gasteiger partial charge in [0.1, 0.15) is 0 Å². The van der Waals surface area contributed by atoms with Crippen molar-refractivity contribution in [1.29, 1.82) is 0 Å². The van der Waals surface area contributed by atoms with Crippen LogP contribution in [0.2, 0.25) is 0 Å². The summed E-state index contributed by atoms with van der Waals surface area (Å²) in [5, 5.41) is 0. The highest BCUT2D eigenvalue weighted by atomic mass is 79.9. The summed E-state index contributed by atoms with van der Waals surface area (Å²) < 4.78 is 11.0. The topological polar surface area (TPSA) is 35.5 Å². The highest BCUT2D eigenvalue weighted by molar-refractivity contribution is 9.09. The van der Waals surface area contributed by atoms with Crippen LogP contribution in [0.25, 0.3) is 0 Å². The lowest BCUT2D eigenvalue weighted by Gasteiger charge is -2.18. The summed E-state index contributed by atoms with van der Waals surface area (Å²) in [5.41, 5.74) is 0. The molecule has 5 atom stereocenters. The Morgan fingerprint density at radius 1 is 1.28 bits per heavy atom. The van der Waals surface area contributed by atoms with Gasteiger partial charge < -0.3 is 9.47 Å². The van der Waals surface area contributed by atoms with Gasteiger partial charge in [0.05, 0.1) is 24.7 Å². The highest BCUT2D eigenvalue weighted by Gasteiger charge is 2.66. The Balaban J connectivity index is 1.71. The van der Waals surface area contributed by atoms with Crippen LogP contribution < -0.4 is 0 Å². The van der Waals surface area contributed by atoms with Crippen LogP contribution in [0.5, 0.6) is 0 Å². The Bertz CT molecular complexity index is 295. The molecule has 0 amide bonds. The molecule has 4 heteroatoms. The van der Waals surface area contributed by atoms with Crippen molar-refractivity contribution in [1.82, 2.24) is 0 Å². The molecule has 2 fully saturated rings. The van der Waals surface area contributed by atoms with Crippen LogP contribution in [-0.4, -0.2) is 29.6 Å². The van der Waals surface area contributed by atoms with Crippen molar-refractivity contribution in [3.05, 3.63) is 0 Å². The van der Waals surface area contributed by atoms with Crippen molar-refractivity contribution in [3.8, 4) is 0 Å². The van der Waals surface area contributed by atoms with E-state index in [2.05, 4.69) is 22.9 Å². The third-order valence-electron chi connectivity index (χ3n) is 3.96. The van der Waals surface area contributed by atoms with Gasteiger partial charge in [-0.15, -0.1) is 0 Å². The second-order valence-corrected chi connectivity index (χ2v) is 6.35. The van der Waals surface area contributed by atoms with Gasteiger partial charge in [-0.25, -0.2) is 0 Å². The Morgan fingerprint density at radius 2 is 2.06 bits per heavy atom. The first-order valence-electron chi connectivity index (χ1n) is 7.16. The molecule has 1 heterocycles. The van der Waals surface area contributed by atoms with Crippen LogP contribution >= 0.6 is 15.9 Å². The summed E-state index contributed by atoms with van der Waals surface area (Å²) in [7, 11) is 0. The summed E-state index contributed by atoms with van der Waals surface area (Å²) in [6, 6.07) is 0. The fraction of sp³-hybridized carbons (Fsp3) is 0.929. The molecule has 1 aliphatic heterocycles. The van der Waals surface area contributed by atoms with E-state index in [1.165, 1.54) is 25.7 Å². The number of hydrogen-bond acceptors (Lipinski definition) is 3. The Hall–Kier alpha value is -0.0900. The number of alkyl halides is 1. The molecule has 0 aromatic rings. The first-order chi connectivity index (χ1) is 8.70. The molecule has 0 unspecified atom stereocenters. The molecule has 2 aliphatic rings. The van der Waals surface area contributed by atoms with Crippen molar-refractivity contribution in [2.75, 3.05) is 6.61 Å². The van der Waals surface area contributed by atoms with E-state index in [1.807, 2.05) is 6.92 Å². The van der Waals surface area contributed by atoms with Gasteiger partial charge in [0.2, 0.25) is 0 Å². The number of halogens is 1. The minimum Gasteiger partial charge on any atom is -0.466 e. The Kier molecular flexibility index (Phi) is 5.07. The number of carbonyl (C=O) groups is 1. The largest absolute Gasteiger partial charge is 0.466 e. The van der Waals surface area contributed by atoms with E-state index in [9.17, 15) is 4.79 Å². The van der Waals surface area contributed by atoms with Crippen molar-refractivity contribution in [2.24, 2.45) is 11.8 Å². The molecule has 1 aliphatic carbocycles. The van der Waals surface area contributed by atoms with Gasteiger partial charge in [0.25, 0.3) is 0 Å². The summed E-state index contributed by atoms with van der Waals surface area (Å²) in [6.07, 6.45) is 6.60. The van der Waals surface area contributed by atoms with Crippen LogP contribution in [-0.2, 0) is 14.3 Å². The monoisotopic (exact) mass is 318 g/mol. The Labute approximate surface area is 118 Å². The van der Waals surface area contributed by atoms with E-state index in [0.29, 0.717) is 23.5 Å². The van der Waals surface area contributed by atoms with Gasteiger partial charge >= 0.3 is 5.97 Å². The number of rotatable bonds is 7. The quantitative estimate of drug-likeness (QED) is 0.410. The van der Waals surface area contributed by atoms with Crippen LogP contribution in [0.3, 0.4) is 0 Å². The zero-order valence-corrected chi connectivity index (χ0v) is 12.8. The zero-order chi connectivity index (χ0) is 13.1. The molecule has 0 aromatic carbocycles. The second kappa shape index (κ2) is 6.38.